The lowest BCUT2D eigenvalue weighted by atomic mass is 9.92. The molecule has 0 aromatic heterocycles. The van der Waals surface area contributed by atoms with Gasteiger partial charge in [0.1, 0.15) is 5.75 Å². The number of hydrogen-bond acceptors (Lipinski definition) is 4. The predicted octanol–water partition coefficient (Wildman–Crippen LogP) is 1.68. The van der Waals surface area contributed by atoms with Gasteiger partial charge in [-0.25, -0.2) is 0 Å². The molecular formula is C19H26ClN3O3. The molecule has 142 valence electrons. The molecule has 3 aliphatic rings. The maximum absolute atomic E-state index is 12.7. The van der Waals surface area contributed by atoms with Crippen LogP contribution in [0.15, 0.2) is 24.3 Å². The highest BCUT2D eigenvalue weighted by Crippen LogP contribution is 2.32. The van der Waals surface area contributed by atoms with Crippen molar-refractivity contribution in [3.8, 4) is 5.75 Å². The number of likely N-dealkylation sites (tertiary alicyclic amines) is 1. The van der Waals surface area contributed by atoms with E-state index in [0.29, 0.717) is 30.6 Å². The normalized spacial score (nSPS) is 24.8. The molecule has 1 aromatic carbocycles. The number of rotatable bonds is 3. The third-order valence-electron chi connectivity index (χ3n) is 5.73. The Balaban J connectivity index is 0.00000196. The second kappa shape index (κ2) is 8.27. The number of hydrogen-bond donors (Lipinski definition) is 1. The lowest BCUT2D eigenvalue weighted by molar-refractivity contribution is -0.131. The molecule has 3 heterocycles. The molecule has 0 saturated carbocycles. The fraction of sp³-hybridized carbons (Fsp3) is 0.579. The van der Waals surface area contributed by atoms with E-state index in [-0.39, 0.29) is 30.8 Å². The number of carbonyl (C=O) groups is 2. The van der Waals surface area contributed by atoms with Crippen LogP contribution in [0.3, 0.4) is 0 Å². The third-order valence-corrected chi connectivity index (χ3v) is 5.73. The first-order valence-electron chi connectivity index (χ1n) is 9.23. The highest BCUT2D eigenvalue weighted by molar-refractivity contribution is 5.98. The van der Waals surface area contributed by atoms with Crippen LogP contribution in [-0.2, 0) is 9.59 Å². The highest BCUT2D eigenvalue weighted by Gasteiger charge is 2.32. The Morgan fingerprint density at radius 3 is 2.58 bits per heavy atom. The van der Waals surface area contributed by atoms with Crippen molar-refractivity contribution in [2.75, 3.05) is 44.2 Å². The zero-order chi connectivity index (χ0) is 17.2. The molecule has 0 spiro atoms. The first kappa shape index (κ1) is 19.0. The van der Waals surface area contributed by atoms with Gasteiger partial charge < -0.3 is 19.9 Å². The van der Waals surface area contributed by atoms with Crippen molar-refractivity contribution in [1.29, 1.82) is 0 Å². The summed E-state index contributed by atoms with van der Waals surface area (Å²) in [5, 5.41) is 3.46. The van der Waals surface area contributed by atoms with Crippen molar-refractivity contribution in [3.05, 3.63) is 24.3 Å². The van der Waals surface area contributed by atoms with Crippen molar-refractivity contribution < 1.29 is 14.3 Å². The molecule has 0 unspecified atom stereocenters. The minimum Gasteiger partial charge on any atom is -0.482 e. The van der Waals surface area contributed by atoms with E-state index in [1.54, 1.807) is 4.90 Å². The molecule has 3 aliphatic heterocycles. The fourth-order valence-electron chi connectivity index (χ4n) is 4.23. The van der Waals surface area contributed by atoms with Crippen LogP contribution in [0.4, 0.5) is 5.69 Å². The van der Waals surface area contributed by atoms with Crippen LogP contribution >= 0.6 is 12.4 Å². The summed E-state index contributed by atoms with van der Waals surface area (Å²) in [7, 11) is 0. The third kappa shape index (κ3) is 3.81. The number of benzene rings is 1. The summed E-state index contributed by atoms with van der Waals surface area (Å²) in [5.41, 5.74) is 0.767. The molecule has 2 saturated heterocycles. The van der Waals surface area contributed by atoms with Crippen molar-refractivity contribution >= 4 is 29.9 Å². The monoisotopic (exact) mass is 379 g/mol. The Hall–Kier alpha value is -1.79. The molecule has 1 aromatic rings. The molecule has 26 heavy (non-hydrogen) atoms. The second-order valence-corrected chi connectivity index (χ2v) is 7.19. The number of fused-ring (bicyclic) bond motifs is 2. The summed E-state index contributed by atoms with van der Waals surface area (Å²) in [6.45, 7) is 4.33. The largest absolute Gasteiger partial charge is 0.482 e. The number of para-hydroxylation sites is 2. The van der Waals surface area contributed by atoms with Crippen LogP contribution in [0.2, 0.25) is 0 Å². The minimum absolute atomic E-state index is 0. The number of ether oxygens (including phenoxy) is 1. The van der Waals surface area contributed by atoms with Gasteiger partial charge in [-0.2, -0.15) is 0 Å². The van der Waals surface area contributed by atoms with E-state index in [4.69, 9.17) is 4.74 Å². The molecule has 2 amide bonds. The first-order valence-corrected chi connectivity index (χ1v) is 9.23. The minimum atomic E-state index is -0.0806. The van der Waals surface area contributed by atoms with Gasteiger partial charge in [-0.3, -0.25) is 9.59 Å². The van der Waals surface area contributed by atoms with Gasteiger partial charge in [0.15, 0.2) is 6.61 Å². The Bertz CT molecular complexity index is 655. The van der Waals surface area contributed by atoms with Gasteiger partial charge in [0.25, 0.3) is 5.91 Å². The SMILES string of the molecule is Cl.O=C(CCN1C(=O)COc2ccccc21)N1CC[C@@H]2CNC[C@@H]2CC1. The van der Waals surface area contributed by atoms with Gasteiger partial charge in [-0.1, -0.05) is 12.1 Å². The van der Waals surface area contributed by atoms with E-state index < -0.39 is 0 Å². The van der Waals surface area contributed by atoms with Crippen LogP contribution in [-0.4, -0.2) is 56.0 Å². The number of nitrogens with one attached hydrogen (secondary N) is 1. The molecular weight excluding hydrogens is 354 g/mol. The summed E-state index contributed by atoms with van der Waals surface area (Å²) in [6.07, 6.45) is 2.54. The maximum atomic E-state index is 12.7. The summed E-state index contributed by atoms with van der Waals surface area (Å²) in [6, 6.07) is 7.51. The average molecular weight is 380 g/mol. The van der Waals surface area contributed by atoms with Crippen LogP contribution in [0, 0.1) is 11.8 Å². The van der Waals surface area contributed by atoms with Crippen molar-refractivity contribution in [3.63, 3.8) is 0 Å². The lowest BCUT2D eigenvalue weighted by Crippen LogP contribution is -2.42. The molecule has 1 N–H and O–H groups in total. The summed E-state index contributed by atoms with van der Waals surface area (Å²) in [5.74, 6) is 2.22. The predicted molar refractivity (Wildman–Crippen MR) is 102 cm³/mol. The van der Waals surface area contributed by atoms with Gasteiger partial charge in [0.2, 0.25) is 5.91 Å². The summed E-state index contributed by atoms with van der Waals surface area (Å²) < 4.78 is 5.46. The zero-order valence-electron chi connectivity index (χ0n) is 14.9. The van der Waals surface area contributed by atoms with Crippen molar-refractivity contribution in [2.24, 2.45) is 11.8 Å². The fourth-order valence-corrected chi connectivity index (χ4v) is 4.23. The van der Waals surface area contributed by atoms with Crippen LogP contribution in [0.1, 0.15) is 19.3 Å². The molecule has 0 radical (unpaired) electrons. The average Bonchev–Trinajstić information content (AvgIpc) is 2.99. The molecule has 2 atom stereocenters. The van der Waals surface area contributed by atoms with Gasteiger partial charge in [-0.05, 0) is 49.9 Å². The number of nitrogens with zero attached hydrogens (tertiary/aromatic N) is 2. The lowest BCUT2D eigenvalue weighted by Gasteiger charge is -2.30. The second-order valence-electron chi connectivity index (χ2n) is 7.19. The quantitative estimate of drug-likeness (QED) is 0.868. The highest BCUT2D eigenvalue weighted by atomic mass is 35.5. The van der Waals surface area contributed by atoms with E-state index >= 15 is 0 Å². The maximum Gasteiger partial charge on any atom is 0.265 e. The van der Waals surface area contributed by atoms with Gasteiger partial charge in [0, 0.05) is 26.1 Å². The van der Waals surface area contributed by atoms with Crippen molar-refractivity contribution in [1.82, 2.24) is 10.2 Å². The van der Waals surface area contributed by atoms with Crippen molar-refractivity contribution in [2.45, 2.75) is 19.3 Å². The summed E-state index contributed by atoms with van der Waals surface area (Å²) in [4.78, 5) is 28.6. The standard InChI is InChI=1S/C19H25N3O3.ClH/c23-18(21-8-5-14-11-20-12-15(14)6-9-21)7-10-22-16-3-1-2-4-17(16)25-13-19(22)24;/h1-4,14-15,20H,5-13H2;1H/t14-,15+;. The molecule has 2 fully saturated rings. The van der Waals surface area contributed by atoms with Gasteiger partial charge >= 0.3 is 0 Å². The van der Waals surface area contributed by atoms with E-state index in [0.717, 1.165) is 44.7 Å². The Morgan fingerprint density at radius 2 is 1.85 bits per heavy atom. The van der Waals surface area contributed by atoms with E-state index in [1.807, 2.05) is 29.2 Å². The molecule has 6 nitrogen and oxygen atoms in total. The zero-order valence-corrected chi connectivity index (χ0v) is 15.7. The van der Waals surface area contributed by atoms with E-state index in [9.17, 15) is 9.59 Å². The smallest absolute Gasteiger partial charge is 0.265 e. The Kier molecular flexibility index (Phi) is 6.04. The molecule has 7 heteroatoms. The van der Waals surface area contributed by atoms with E-state index in [2.05, 4.69) is 5.32 Å². The Labute approximate surface area is 160 Å². The van der Waals surface area contributed by atoms with Crippen LogP contribution < -0.4 is 15.0 Å². The molecule has 4 rings (SSSR count). The topological polar surface area (TPSA) is 61.9 Å². The van der Waals surface area contributed by atoms with Crippen LogP contribution in [0.5, 0.6) is 5.75 Å². The number of anilines is 1. The molecule has 0 aliphatic carbocycles. The number of halogens is 1. The number of amides is 2. The van der Waals surface area contributed by atoms with Gasteiger partial charge in [0.05, 0.1) is 5.69 Å². The summed E-state index contributed by atoms with van der Waals surface area (Å²) >= 11 is 0. The first-order chi connectivity index (χ1) is 12.2. The molecule has 0 bridgehead atoms. The van der Waals surface area contributed by atoms with E-state index in [1.165, 1.54) is 0 Å². The Morgan fingerprint density at radius 1 is 1.15 bits per heavy atom. The van der Waals surface area contributed by atoms with Crippen LogP contribution in [0.25, 0.3) is 0 Å². The number of carbonyl (C=O) groups excluding carboxylic acids is 2. The van der Waals surface area contributed by atoms with Gasteiger partial charge in [-0.15, -0.1) is 12.4 Å².